The summed E-state index contributed by atoms with van der Waals surface area (Å²) in [6, 6.07) is 0. The Kier molecular flexibility index (Phi) is 2.71. The zero-order valence-electron chi connectivity index (χ0n) is 9.68. The molecule has 2 rings (SSSR count). The van der Waals surface area contributed by atoms with Gasteiger partial charge in [-0.2, -0.15) is 0 Å². The predicted octanol–water partition coefficient (Wildman–Crippen LogP) is 0.224. The average molecular weight is 223 g/mol. The molecule has 2 heterocycles. The van der Waals surface area contributed by atoms with Crippen molar-refractivity contribution in [3.63, 3.8) is 0 Å². The lowest BCUT2D eigenvalue weighted by atomic mass is 10.1. The fraction of sp³-hybridized carbons (Fsp3) is 0.636. The molecule has 0 amide bonds. The van der Waals surface area contributed by atoms with Gasteiger partial charge in [0.1, 0.15) is 0 Å². The molecule has 1 fully saturated rings. The zero-order chi connectivity index (χ0) is 11.8. The van der Waals surface area contributed by atoms with Gasteiger partial charge in [-0.05, 0) is 20.3 Å². The number of aromatic nitrogens is 2. The van der Waals surface area contributed by atoms with E-state index in [4.69, 9.17) is 0 Å². The van der Waals surface area contributed by atoms with E-state index in [1.807, 2.05) is 11.8 Å². The maximum Gasteiger partial charge on any atom is 0.293 e. The van der Waals surface area contributed by atoms with Crippen LogP contribution in [-0.4, -0.2) is 33.3 Å². The quantitative estimate of drug-likeness (QED) is 0.779. The molecule has 5 heteroatoms. The van der Waals surface area contributed by atoms with Gasteiger partial charge in [-0.25, -0.2) is 4.98 Å². The first-order valence-electron chi connectivity index (χ1n) is 5.56. The van der Waals surface area contributed by atoms with Crippen molar-refractivity contribution in [3.05, 3.63) is 22.7 Å². The van der Waals surface area contributed by atoms with Crippen molar-refractivity contribution in [2.45, 2.75) is 32.4 Å². The first kappa shape index (κ1) is 11.1. The lowest BCUT2D eigenvalue weighted by Crippen LogP contribution is -2.35. The Morgan fingerprint density at radius 3 is 2.94 bits per heavy atom. The van der Waals surface area contributed by atoms with E-state index in [-0.39, 0.29) is 5.56 Å². The van der Waals surface area contributed by atoms with Crippen molar-refractivity contribution in [3.8, 4) is 0 Å². The van der Waals surface area contributed by atoms with E-state index in [0.29, 0.717) is 31.9 Å². The number of nitrogens with zero attached hydrogens (tertiary/aromatic N) is 3. The smallest absolute Gasteiger partial charge is 0.293 e. The summed E-state index contributed by atoms with van der Waals surface area (Å²) in [6.45, 7) is 5.50. The van der Waals surface area contributed by atoms with Crippen LogP contribution in [0.2, 0.25) is 0 Å². The second-order valence-electron chi connectivity index (χ2n) is 4.51. The van der Waals surface area contributed by atoms with Crippen LogP contribution in [0.3, 0.4) is 0 Å². The maximum atomic E-state index is 12.0. The van der Waals surface area contributed by atoms with Gasteiger partial charge in [0.05, 0.1) is 5.60 Å². The first-order valence-corrected chi connectivity index (χ1v) is 5.56. The normalized spacial score (nSPS) is 25.1. The van der Waals surface area contributed by atoms with Gasteiger partial charge < -0.3 is 14.6 Å². The SMILES string of the molecule is CCn1ccnc(N2CCC(C)(O)C2)c1=O. The summed E-state index contributed by atoms with van der Waals surface area (Å²) in [6.07, 6.45) is 3.99. The first-order chi connectivity index (χ1) is 7.53. The van der Waals surface area contributed by atoms with Crippen LogP contribution in [0.15, 0.2) is 17.2 Å². The van der Waals surface area contributed by atoms with Gasteiger partial charge in [-0.1, -0.05) is 0 Å². The standard InChI is InChI=1S/C11H17N3O2/c1-3-13-7-5-12-9(10(13)15)14-6-4-11(2,16)8-14/h5,7,16H,3-4,6,8H2,1-2H3. The van der Waals surface area contributed by atoms with Crippen molar-refractivity contribution < 1.29 is 5.11 Å². The summed E-state index contributed by atoms with van der Waals surface area (Å²) in [5, 5.41) is 9.87. The number of hydrogen-bond donors (Lipinski definition) is 1. The Balaban J connectivity index is 2.32. The van der Waals surface area contributed by atoms with E-state index in [1.165, 1.54) is 0 Å². The second-order valence-corrected chi connectivity index (χ2v) is 4.51. The van der Waals surface area contributed by atoms with E-state index in [2.05, 4.69) is 4.98 Å². The molecule has 88 valence electrons. The van der Waals surface area contributed by atoms with Crippen LogP contribution in [0.1, 0.15) is 20.3 Å². The number of aryl methyl sites for hydroxylation is 1. The molecule has 5 nitrogen and oxygen atoms in total. The van der Waals surface area contributed by atoms with Crippen LogP contribution in [0.25, 0.3) is 0 Å². The molecule has 0 aliphatic carbocycles. The van der Waals surface area contributed by atoms with Gasteiger partial charge in [0.15, 0.2) is 5.82 Å². The average Bonchev–Trinajstić information content (AvgIpc) is 2.59. The molecule has 0 aromatic carbocycles. The predicted molar refractivity (Wildman–Crippen MR) is 61.6 cm³/mol. The van der Waals surface area contributed by atoms with E-state index >= 15 is 0 Å². The van der Waals surface area contributed by atoms with Gasteiger partial charge >= 0.3 is 0 Å². The lowest BCUT2D eigenvalue weighted by molar-refractivity contribution is 0.0839. The number of aliphatic hydroxyl groups is 1. The molecule has 1 aromatic heterocycles. The van der Waals surface area contributed by atoms with E-state index < -0.39 is 5.60 Å². The zero-order valence-corrected chi connectivity index (χ0v) is 9.68. The molecule has 1 unspecified atom stereocenters. The second kappa shape index (κ2) is 3.90. The summed E-state index contributed by atoms with van der Waals surface area (Å²) in [5.74, 6) is 0.446. The van der Waals surface area contributed by atoms with Gasteiger partial charge in [0, 0.05) is 32.0 Å². The van der Waals surface area contributed by atoms with Gasteiger partial charge in [-0.3, -0.25) is 4.79 Å². The number of anilines is 1. The van der Waals surface area contributed by atoms with Crippen LogP contribution in [0.5, 0.6) is 0 Å². The summed E-state index contributed by atoms with van der Waals surface area (Å²) in [4.78, 5) is 17.9. The highest BCUT2D eigenvalue weighted by Gasteiger charge is 2.33. The highest BCUT2D eigenvalue weighted by molar-refractivity contribution is 5.38. The third-order valence-electron chi connectivity index (χ3n) is 2.99. The third kappa shape index (κ3) is 1.95. The maximum absolute atomic E-state index is 12.0. The molecular formula is C11H17N3O2. The number of hydrogen-bond acceptors (Lipinski definition) is 4. The van der Waals surface area contributed by atoms with Crippen LogP contribution in [0.4, 0.5) is 5.82 Å². The molecule has 0 radical (unpaired) electrons. The highest BCUT2D eigenvalue weighted by Crippen LogP contribution is 2.22. The van der Waals surface area contributed by atoms with Gasteiger partial charge in [0.25, 0.3) is 5.56 Å². The van der Waals surface area contributed by atoms with Crippen molar-refractivity contribution >= 4 is 5.82 Å². The monoisotopic (exact) mass is 223 g/mol. The minimum Gasteiger partial charge on any atom is -0.388 e. The molecular weight excluding hydrogens is 206 g/mol. The molecule has 1 aliphatic heterocycles. The Hall–Kier alpha value is -1.36. The number of β-amino-alcohol motifs (C(OH)–C–C–N with tert-alkyl or cyclic N) is 1. The van der Waals surface area contributed by atoms with Crippen molar-refractivity contribution in [2.24, 2.45) is 0 Å². The van der Waals surface area contributed by atoms with Crippen LogP contribution in [-0.2, 0) is 6.54 Å². The Morgan fingerprint density at radius 1 is 1.62 bits per heavy atom. The fourth-order valence-corrected chi connectivity index (χ4v) is 2.03. The van der Waals surface area contributed by atoms with E-state index in [0.717, 1.165) is 0 Å². The minimum absolute atomic E-state index is 0.0808. The lowest BCUT2D eigenvalue weighted by Gasteiger charge is -2.19. The molecule has 1 aromatic rings. The van der Waals surface area contributed by atoms with E-state index in [1.54, 1.807) is 23.9 Å². The van der Waals surface area contributed by atoms with Crippen molar-refractivity contribution in [1.29, 1.82) is 0 Å². The molecule has 0 saturated carbocycles. The number of rotatable bonds is 2. The molecule has 0 spiro atoms. The summed E-state index contributed by atoms with van der Waals surface area (Å²) in [7, 11) is 0. The molecule has 1 atom stereocenters. The Bertz CT molecular complexity index is 439. The van der Waals surface area contributed by atoms with Crippen molar-refractivity contribution in [2.75, 3.05) is 18.0 Å². The summed E-state index contributed by atoms with van der Waals surface area (Å²) < 4.78 is 1.62. The Labute approximate surface area is 94.3 Å². The van der Waals surface area contributed by atoms with Crippen LogP contribution >= 0.6 is 0 Å². The molecule has 1 N–H and O–H groups in total. The molecule has 0 bridgehead atoms. The fourth-order valence-electron chi connectivity index (χ4n) is 2.03. The third-order valence-corrected chi connectivity index (χ3v) is 2.99. The minimum atomic E-state index is -0.707. The van der Waals surface area contributed by atoms with Crippen LogP contribution in [0, 0.1) is 0 Å². The largest absolute Gasteiger partial charge is 0.388 e. The molecule has 1 saturated heterocycles. The van der Waals surface area contributed by atoms with Crippen LogP contribution < -0.4 is 10.5 Å². The van der Waals surface area contributed by atoms with Crippen molar-refractivity contribution in [1.82, 2.24) is 9.55 Å². The van der Waals surface area contributed by atoms with E-state index in [9.17, 15) is 9.90 Å². The van der Waals surface area contributed by atoms with Gasteiger partial charge in [0.2, 0.25) is 0 Å². The molecule has 1 aliphatic rings. The summed E-state index contributed by atoms with van der Waals surface area (Å²) in [5.41, 5.74) is -0.788. The highest BCUT2D eigenvalue weighted by atomic mass is 16.3. The summed E-state index contributed by atoms with van der Waals surface area (Å²) >= 11 is 0. The topological polar surface area (TPSA) is 58.4 Å². The Morgan fingerprint density at radius 2 is 2.38 bits per heavy atom. The molecule has 16 heavy (non-hydrogen) atoms. The van der Waals surface area contributed by atoms with Gasteiger partial charge in [-0.15, -0.1) is 0 Å².